The number of hydrogen-bond donors (Lipinski definition) is 0. The average Bonchev–Trinajstić information content (AvgIpc) is 3.19. The van der Waals surface area contributed by atoms with E-state index in [1.54, 1.807) is 11.3 Å². The topological polar surface area (TPSA) is 54.0 Å². The van der Waals surface area contributed by atoms with Crippen LogP contribution in [0.1, 0.15) is 23.1 Å². The summed E-state index contributed by atoms with van der Waals surface area (Å²) in [6.45, 7) is 3.99. The molecule has 4 aromatic rings. The van der Waals surface area contributed by atoms with Crippen molar-refractivity contribution in [3.8, 4) is 17.3 Å². The van der Waals surface area contributed by atoms with Crippen LogP contribution in [0.25, 0.3) is 27.9 Å². The van der Waals surface area contributed by atoms with Crippen molar-refractivity contribution in [1.82, 2.24) is 14.4 Å². The number of aryl methyl sites for hydroxylation is 1. The molecule has 24 heavy (non-hydrogen) atoms. The highest BCUT2D eigenvalue weighted by molar-refractivity contribution is 7.09. The molecule has 0 bridgehead atoms. The number of pyridine rings is 1. The van der Waals surface area contributed by atoms with E-state index in [1.807, 2.05) is 41.1 Å². The van der Waals surface area contributed by atoms with Gasteiger partial charge < -0.3 is 0 Å². The van der Waals surface area contributed by atoms with Crippen molar-refractivity contribution in [3.05, 3.63) is 50.9 Å². The molecule has 4 rings (SSSR count). The molecule has 4 nitrogen and oxygen atoms in total. The molecule has 0 aliphatic heterocycles. The molecule has 0 atom stereocenters. The zero-order chi connectivity index (χ0) is 16.8. The molecule has 3 aromatic heterocycles. The van der Waals surface area contributed by atoms with Gasteiger partial charge in [0.05, 0.1) is 26.8 Å². The van der Waals surface area contributed by atoms with E-state index < -0.39 is 0 Å². The van der Waals surface area contributed by atoms with Crippen molar-refractivity contribution in [2.45, 2.75) is 20.3 Å². The lowest BCUT2D eigenvalue weighted by atomic mass is 9.99. The van der Waals surface area contributed by atoms with Gasteiger partial charge in [0.2, 0.25) is 0 Å². The van der Waals surface area contributed by atoms with Gasteiger partial charge in [0, 0.05) is 17.1 Å². The molecule has 0 saturated heterocycles. The first-order chi connectivity index (χ1) is 11.7. The molecule has 0 aliphatic carbocycles. The van der Waals surface area contributed by atoms with Gasteiger partial charge in [-0.25, -0.2) is 9.97 Å². The molecule has 0 spiro atoms. The van der Waals surface area contributed by atoms with Crippen LogP contribution in [-0.4, -0.2) is 14.4 Å². The maximum absolute atomic E-state index is 9.70. The van der Waals surface area contributed by atoms with Gasteiger partial charge in [-0.2, -0.15) is 5.26 Å². The average molecular weight is 353 g/mol. The van der Waals surface area contributed by atoms with E-state index in [1.165, 1.54) is 0 Å². The van der Waals surface area contributed by atoms with Crippen LogP contribution < -0.4 is 0 Å². The molecular weight excluding hydrogens is 340 g/mol. The Kier molecular flexibility index (Phi) is 3.52. The Morgan fingerprint density at radius 3 is 2.88 bits per heavy atom. The monoisotopic (exact) mass is 352 g/mol. The molecule has 0 radical (unpaired) electrons. The summed E-state index contributed by atoms with van der Waals surface area (Å²) in [7, 11) is 0. The fraction of sp³-hybridized carbons (Fsp3) is 0.167. The van der Waals surface area contributed by atoms with Crippen LogP contribution in [0.15, 0.2) is 29.8 Å². The summed E-state index contributed by atoms with van der Waals surface area (Å²) in [5.41, 5.74) is 5.20. The Labute approximate surface area is 148 Å². The number of aromatic nitrogens is 3. The van der Waals surface area contributed by atoms with Crippen LogP contribution in [0.5, 0.6) is 0 Å². The fourth-order valence-corrected chi connectivity index (χ4v) is 4.15. The van der Waals surface area contributed by atoms with Crippen molar-refractivity contribution in [3.63, 3.8) is 0 Å². The van der Waals surface area contributed by atoms with Crippen molar-refractivity contribution >= 4 is 39.6 Å². The molecule has 1 aromatic carbocycles. The van der Waals surface area contributed by atoms with Gasteiger partial charge in [0.1, 0.15) is 17.2 Å². The first kappa shape index (κ1) is 15.1. The molecule has 3 heterocycles. The molecule has 0 unspecified atom stereocenters. The molecule has 0 amide bonds. The molecule has 0 N–H and O–H groups in total. The third kappa shape index (κ3) is 2.04. The zero-order valence-corrected chi connectivity index (χ0v) is 14.7. The largest absolute Gasteiger partial charge is 0.298 e. The highest BCUT2D eigenvalue weighted by Gasteiger charge is 2.22. The van der Waals surface area contributed by atoms with Crippen molar-refractivity contribution in [2.24, 2.45) is 0 Å². The SMILES string of the molecule is CCc1nc(-c2c(C)c(C#N)c3nc4ccccn4c3c2Cl)cs1. The van der Waals surface area contributed by atoms with Crippen LogP contribution in [-0.2, 0) is 6.42 Å². The second-order valence-corrected chi connectivity index (χ2v) is 6.84. The van der Waals surface area contributed by atoms with E-state index in [2.05, 4.69) is 23.0 Å². The minimum Gasteiger partial charge on any atom is -0.298 e. The van der Waals surface area contributed by atoms with Crippen LogP contribution in [0.4, 0.5) is 0 Å². The molecule has 0 aliphatic rings. The lowest BCUT2D eigenvalue weighted by Gasteiger charge is -2.10. The highest BCUT2D eigenvalue weighted by atomic mass is 35.5. The standard InChI is InChI=1S/C18H13ClN4S/c1-3-14-21-12(9-24-14)15-10(2)11(8-20)17-18(16(15)19)23-7-5-4-6-13(23)22-17/h4-7,9H,3H2,1-2H3. The van der Waals surface area contributed by atoms with E-state index >= 15 is 0 Å². The summed E-state index contributed by atoms with van der Waals surface area (Å²) in [6, 6.07) is 8.05. The number of fused-ring (bicyclic) bond motifs is 3. The first-order valence-electron chi connectivity index (χ1n) is 7.59. The molecule has 6 heteroatoms. The smallest absolute Gasteiger partial charge is 0.138 e. The predicted molar refractivity (Wildman–Crippen MR) is 97.6 cm³/mol. The fourth-order valence-electron chi connectivity index (χ4n) is 2.99. The predicted octanol–water partition coefficient (Wildman–Crippen LogP) is 5.01. The van der Waals surface area contributed by atoms with Gasteiger partial charge in [0.25, 0.3) is 0 Å². The lowest BCUT2D eigenvalue weighted by molar-refractivity contribution is 1.09. The minimum absolute atomic E-state index is 0.555. The van der Waals surface area contributed by atoms with Gasteiger partial charge in [-0.3, -0.25) is 4.40 Å². The number of nitrogens with zero attached hydrogens (tertiary/aromatic N) is 4. The summed E-state index contributed by atoms with van der Waals surface area (Å²) < 4.78 is 1.93. The summed E-state index contributed by atoms with van der Waals surface area (Å²) in [5.74, 6) is 0. The van der Waals surface area contributed by atoms with Crippen molar-refractivity contribution in [2.75, 3.05) is 0 Å². The van der Waals surface area contributed by atoms with Crippen LogP contribution >= 0.6 is 22.9 Å². The summed E-state index contributed by atoms with van der Waals surface area (Å²) in [4.78, 5) is 9.26. The second-order valence-electron chi connectivity index (χ2n) is 5.52. The molecule has 0 fully saturated rings. The first-order valence-corrected chi connectivity index (χ1v) is 8.85. The Hall–Kier alpha value is -2.42. The molecular formula is C18H13ClN4S. The van der Waals surface area contributed by atoms with Gasteiger partial charge >= 0.3 is 0 Å². The molecule has 0 saturated carbocycles. The number of thiazole rings is 1. The number of benzene rings is 1. The molecule has 118 valence electrons. The van der Waals surface area contributed by atoms with Crippen LogP contribution in [0.3, 0.4) is 0 Å². The van der Waals surface area contributed by atoms with Gasteiger partial charge in [-0.05, 0) is 31.0 Å². The maximum atomic E-state index is 9.70. The van der Waals surface area contributed by atoms with Crippen molar-refractivity contribution in [1.29, 1.82) is 5.26 Å². The van der Waals surface area contributed by atoms with Gasteiger partial charge in [0.15, 0.2) is 0 Å². The van der Waals surface area contributed by atoms with Gasteiger partial charge in [-0.15, -0.1) is 11.3 Å². The minimum atomic E-state index is 0.555. The van der Waals surface area contributed by atoms with E-state index in [9.17, 15) is 5.26 Å². The number of nitriles is 1. The number of hydrogen-bond acceptors (Lipinski definition) is 4. The summed E-state index contributed by atoms with van der Waals surface area (Å²) >= 11 is 8.39. The Morgan fingerprint density at radius 1 is 1.33 bits per heavy atom. The second kappa shape index (κ2) is 5.59. The zero-order valence-electron chi connectivity index (χ0n) is 13.2. The van der Waals surface area contributed by atoms with Crippen molar-refractivity contribution < 1.29 is 0 Å². The van der Waals surface area contributed by atoms with E-state index in [-0.39, 0.29) is 0 Å². The Bertz CT molecular complexity index is 1130. The van der Waals surface area contributed by atoms with Crippen LogP contribution in [0.2, 0.25) is 5.02 Å². The number of imidazole rings is 1. The lowest BCUT2D eigenvalue weighted by Crippen LogP contribution is -1.95. The summed E-state index contributed by atoms with van der Waals surface area (Å²) in [6.07, 6.45) is 2.79. The van der Waals surface area contributed by atoms with E-state index in [0.29, 0.717) is 16.1 Å². The quantitative estimate of drug-likeness (QED) is 0.509. The summed E-state index contributed by atoms with van der Waals surface area (Å²) in [5, 5.41) is 13.3. The normalized spacial score (nSPS) is 11.2. The number of rotatable bonds is 2. The maximum Gasteiger partial charge on any atom is 0.138 e. The third-order valence-corrected chi connectivity index (χ3v) is 5.53. The Morgan fingerprint density at radius 2 is 2.17 bits per heavy atom. The van der Waals surface area contributed by atoms with E-state index in [0.717, 1.165) is 39.4 Å². The third-order valence-electron chi connectivity index (χ3n) is 4.17. The Balaban J connectivity index is 2.18. The van der Waals surface area contributed by atoms with E-state index in [4.69, 9.17) is 11.6 Å². The number of halogens is 1. The van der Waals surface area contributed by atoms with Crippen LogP contribution in [0, 0.1) is 18.3 Å². The highest BCUT2D eigenvalue weighted by Crippen LogP contribution is 2.40. The van der Waals surface area contributed by atoms with Gasteiger partial charge in [-0.1, -0.05) is 24.6 Å².